The molecule has 2 aromatic carbocycles. The molecule has 0 spiro atoms. The Morgan fingerprint density at radius 1 is 1.11 bits per heavy atom. The molecule has 5 heteroatoms. The molecule has 0 saturated carbocycles. The summed E-state index contributed by atoms with van der Waals surface area (Å²) in [7, 11) is 0. The van der Waals surface area contributed by atoms with Crippen molar-refractivity contribution >= 4 is 11.6 Å². The minimum Gasteiger partial charge on any atom is -0.508 e. The second kappa shape index (κ2) is 5.30. The van der Waals surface area contributed by atoms with Crippen molar-refractivity contribution in [2.24, 2.45) is 0 Å². The summed E-state index contributed by atoms with van der Waals surface area (Å²) in [4.78, 5) is 11.9. The SMILES string of the molecule is Nc1ccc(CNC(=O)c2cc(O)ccc2O)cc1. The quantitative estimate of drug-likeness (QED) is 0.497. The molecule has 19 heavy (non-hydrogen) atoms. The van der Waals surface area contributed by atoms with Crippen LogP contribution in [0.25, 0.3) is 0 Å². The van der Waals surface area contributed by atoms with Gasteiger partial charge in [-0.1, -0.05) is 12.1 Å². The number of amides is 1. The molecule has 0 aliphatic carbocycles. The molecule has 5 N–H and O–H groups in total. The zero-order valence-electron chi connectivity index (χ0n) is 10.1. The fraction of sp³-hybridized carbons (Fsp3) is 0.0714. The van der Waals surface area contributed by atoms with Crippen molar-refractivity contribution in [1.29, 1.82) is 0 Å². The normalized spacial score (nSPS) is 10.1. The lowest BCUT2D eigenvalue weighted by molar-refractivity contribution is 0.0948. The van der Waals surface area contributed by atoms with Gasteiger partial charge >= 0.3 is 0 Å². The first kappa shape index (κ1) is 12.8. The van der Waals surface area contributed by atoms with Gasteiger partial charge in [0.2, 0.25) is 0 Å². The summed E-state index contributed by atoms with van der Waals surface area (Å²) in [6, 6.07) is 10.9. The van der Waals surface area contributed by atoms with Crippen LogP contribution in [0.2, 0.25) is 0 Å². The number of hydrogen-bond acceptors (Lipinski definition) is 4. The van der Waals surface area contributed by atoms with Crippen LogP contribution in [-0.4, -0.2) is 16.1 Å². The van der Waals surface area contributed by atoms with Gasteiger partial charge in [-0.15, -0.1) is 0 Å². The molecule has 1 amide bonds. The highest BCUT2D eigenvalue weighted by atomic mass is 16.3. The molecule has 5 nitrogen and oxygen atoms in total. The zero-order chi connectivity index (χ0) is 13.8. The first-order valence-corrected chi connectivity index (χ1v) is 5.71. The van der Waals surface area contributed by atoms with E-state index in [0.717, 1.165) is 5.56 Å². The maximum atomic E-state index is 11.9. The summed E-state index contributed by atoms with van der Waals surface area (Å²) in [5.74, 6) is -0.701. The minimum absolute atomic E-state index is 0.0374. The summed E-state index contributed by atoms with van der Waals surface area (Å²) in [6.45, 7) is 0.314. The summed E-state index contributed by atoms with van der Waals surface area (Å²) < 4.78 is 0. The van der Waals surface area contributed by atoms with E-state index in [2.05, 4.69) is 5.32 Å². The van der Waals surface area contributed by atoms with Crippen molar-refractivity contribution in [2.75, 3.05) is 5.73 Å². The van der Waals surface area contributed by atoms with Gasteiger partial charge < -0.3 is 21.3 Å². The largest absolute Gasteiger partial charge is 0.508 e. The maximum absolute atomic E-state index is 11.9. The molecule has 0 atom stereocenters. The van der Waals surface area contributed by atoms with Gasteiger partial charge in [-0.05, 0) is 35.9 Å². The van der Waals surface area contributed by atoms with Crippen LogP contribution in [0.4, 0.5) is 5.69 Å². The van der Waals surface area contributed by atoms with Crippen molar-refractivity contribution in [1.82, 2.24) is 5.32 Å². The Hall–Kier alpha value is -2.69. The first-order chi connectivity index (χ1) is 9.06. The Bertz CT molecular complexity index is 594. The number of aromatic hydroxyl groups is 2. The van der Waals surface area contributed by atoms with E-state index in [0.29, 0.717) is 12.2 Å². The van der Waals surface area contributed by atoms with Gasteiger partial charge in [0.15, 0.2) is 0 Å². The zero-order valence-corrected chi connectivity index (χ0v) is 10.1. The number of phenols is 2. The average molecular weight is 258 g/mol. The number of hydrogen-bond donors (Lipinski definition) is 4. The average Bonchev–Trinajstić information content (AvgIpc) is 2.40. The highest BCUT2D eigenvalue weighted by molar-refractivity contribution is 5.97. The summed E-state index contributed by atoms with van der Waals surface area (Å²) in [5, 5.41) is 21.5. The van der Waals surface area contributed by atoms with Crippen LogP contribution in [0.3, 0.4) is 0 Å². The second-order valence-electron chi connectivity index (χ2n) is 4.13. The van der Waals surface area contributed by atoms with Crippen LogP contribution in [0.15, 0.2) is 42.5 Å². The summed E-state index contributed by atoms with van der Waals surface area (Å²) in [6.07, 6.45) is 0. The molecule has 0 radical (unpaired) electrons. The van der Waals surface area contributed by atoms with Crippen molar-refractivity contribution < 1.29 is 15.0 Å². The highest BCUT2D eigenvalue weighted by Crippen LogP contribution is 2.21. The van der Waals surface area contributed by atoms with E-state index in [1.165, 1.54) is 18.2 Å². The summed E-state index contributed by atoms with van der Waals surface area (Å²) >= 11 is 0. The molecule has 98 valence electrons. The predicted octanol–water partition coefficient (Wildman–Crippen LogP) is 1.61. The fourth-order valence-electron chi connectivity index (χ4n) is 1.62. The number of nitrogens with one attached hydrogen (secondary N) is 1. The molecule has 0 unspecified atom stereocenters. The summed E-state index contributed by atoms with van der Waals surface area (Å²) in [5.41, 5.74) is 7.14. The number of benzene rings is 2. The van der Waals surface area contributed by atoms with Gasteiger partial charge in [0.05, 0.1) is 5.56 Å². The predicted molar refractivity (Wildman–Crippen MR) is 71.8 cm³/mol. The van der Waals surface area contributed by atoms with Crippen LogP contribution in [0.1, 0.15) is 15.9 Å². The smallest absolute Gasteiger partial charge is 0.255 e. The van der Waals surface area contributed by atoms with E-state index < -0.39 is 5.91 Å². The highest BCUT2D eigenvalue weighted by Gasteiger charge is 2.11. The van der Waals surface area contributed by atoms with E-state index in [-0.39, 0.29) is 17.1 Å². The van der Waals surface area contributed by atoms with Crippen LogP contribution in [-0.2, 0) is 6.54 Å². The van der Waals surface area contributed by atoms with Crippen LogP contribution in [0.5, 0.6) is 11.5 Å². The van der Waals surface area contributed by atoms with Crippen LogP contribution >= 0.6 is 0 Å². The lowest BCUT2D eigenvalue weighted by Gasteiger charge is -2.07. The Balaban J connectivity index is 2.05. The van der Waals surface area contributed by atoms with Crippen molar-refractivity contribution in [2.45, 2.75) is 6.54 Å². The number of carbonyl (C=O) groups excluding carboxylic acids is 1. The lowest BCUT2D eigenvalue weighted by Crippen LogP contribution is -2.22. The van der Waals surface area contributed by atoms with Crippen LogP contribution in [0, 0.1) is 0 Å². The lowest BCUT2D eigenvalue weighted by atomic mass is 10.1. The maximum Gasteiger partial charge on any atom is 0.255 e. The molecular formula is C14H14N2O3. The molecule has 2 rings (SSSR count). The van der Waals surface area contributed by atoms with E-state index in [4.69, 9.17) is 5.73 Å². The van der Waals surface area contributed by atoms with Crippen molar-refractivity contribution in [3.05, 3.63) is 53.6 Å². The first-order valence-electron chi connectivity index (χ1n) is 5.71. The fourth-order valence-corrected chi connectivity index (χ4v) is 1.62. The molecule has 0 heterocycles. The molecular weight excluding hydrogens is 244 g/mol. The third-order valence-electron chi connectivity index (χ3n) is 2.66. The minimum atomic E-state index is -0.453. The molecule has 2 aromatic rings. The number of anilines is 1. The Morgan fingerprint density at radius 3 is 2.47 bits per heavy atom. The standard InChI is InChI=1S/C14H14N2O3/c15-10-3-1-9(2-4-10)8-16-14(19)12-7-11(17)5-6-13(12)18/h1-7,17-18H,8,15H2,(H,16,19). The Morgan fingerprint density at radius 2 is 1.79 bits per heavy atom. The molecule has 0 saturated heterocycles. The van der Waals surface area contributed by atoms with Crippen molar-refractivity contribution in [3.8, 4) is 11.5 Å². The van der Waals surface area contributed by atoms with Gasteiger partial charge in [-0.2, -0.15) is 0 Å². The number of nitrogens with two attached hydrogens (primary N) is 1. The van der Waals surface area contributed by atoms with Gasteiger partial charge in [0.25, 0.3) is 5.91 Å². The number of phenolic OH excluding ortho intramolecular Hbond substituents is 2. The monoisotopic (exact) mass is 258 g/mol. The third kappa shape index (κ3) is 3.16. The number of nitrogen functional groups attached to an aromatic ring is 1. The molecule has 0 aliphatic rings. The number of carbonyl (C=O) groups is 1. The Labute approximate surface area is 110 Å². The van der Waals surface area contributed by atoms with E-state index >= 15 is 0 Å². The van der Waals surface area contributed by atoms with Gasteiger partial charge in [-0.25, -0.2) is 0 Å². The van der Waals surface area contributed by atoms with Crippen molar-refractivity contribution in [3.63, 3.8) is 0 Å². The third-order valence-corrected chi connectivity index (χ3v) is 2.66. The van der Waals surface area contributed by atoms with E-state index in [9.17, 15) is 15.0 Å². The van der Waals surface area contributed by atoms with E-state index in [1.54, 1.807) is 24.3 Å². The second-order valence-corrected chi connectivity index (χ2v) is 4.13. The number of rotatable bonds is 3. The van der Waals surface area contributed by atoms with Gasteiger partial charge in [-0.3, -0.25) is 4.79 Å². The van der Waals surface area contributed by atoms with E-state index in [1.807, 2.05) is 0 Å². The van der Waals surface area contributed by atoms with Gasteiger partial charge in [0, 0.05) is 12.2 Å². The van der Waals surface area contributed by atoms with Gasteiger partial charge in [0.1, 0.15) is 11.5 Å². The molecule has 0 aliphatic heterocycles. The Kier molecular flexibility index (Phi) is 3.56. The topological polar surface area (TPSA) is 95.6 Å². The van der Waals surface area contributed by atoms with Crippen LogP contribution < -0.4 is 11.1 Å². The molecule has 0 bridgehead atoms. The molecule has 0 aromatic heterocycles. The molecule has 0 fully saturated rings.